The van der Waals surface area contributed by atoms with E-state index in [4.69, 9.17) is 9.15 Å². The van der Waals surface area contributed by atoms with Crippen LogP contribution in [0.1, 0.15) is 30.0 Å². The minimum absolute atomic E-state index is 0.198. The fourth-order valence-corrected chi connectivity index (χ4v) is 4.73. The van der Waals surface area contributed by atoms with E-state index in [1.54, 1.807) is 45.0 Å². The van der Waals surface area contributed by atoms with E-state index in [-0.39, 0.29) is 27.9 Å². The highest BCUT2D eigenvalue weighted by atomic mass is 32.2. The van der Waals surface area contributed by atoms with Gasteiger partial charge in [-0.25, -0.2) is 13.2 Å². The maximum Gasteiger partial charge on any atom is 0.342 e. The number of ether oxygens (including phenoxy) is 1. The molecule has 4 rings (SSSR count). The number of fused-ring (bicyclic) bond motifs is 3. The monoisotopic (exact) mass is 468 g/mol. The predicted octanol–water partition coefficient (Wildman–Crippen LogP) is 5.17. The van der Waals surface area contributed by atoms with Crippen LogP contribution < -0.4 is 4.72 Å². The lowest BCUT2D eigenvalue weighted by molar-refractivity contribution is -0.385. The lowest BCUT2D eigenvalue weighted by Crippen LogP contribution is -2.14. The Balaban J connectivity index is 1.91. The molecule has 0 atom stereocenters. The van der Waals surface area contributed by atoms with Crippen LogP contribution in [0.15, 0.2) is 63.9 Å². The first-order valence-electron chi connectivity index (χ1n) is 10.0. The van der Waals surface area contributed by atoms with Gasteiger partial charge in [-0.15, -0.1) is 0 Å². The Morgan fingerprint density at radius 2 is 1.76 bits per heavy atom. The van der Waals surface area contributed by atoms with Gasteiger partial charge in [-0.2, -0.15) is 0 Å². The molecule has 0 bridgehead atoms. The number of benzene rings is 3. The van der Waals surface area contributed by atoms with Gasteiger partial charge >= 0.3 is 5.97 Å². The van der Waals surface area contributed by atoms with Crippen molar-refractivity contribution in [2.75, 3.05) is 4.72 Å². The Hall–Kier alpha value is -3.92. The fourth-order valence-electron chi connectivity index (χ4n) is 3.62. The molecule has 0 aliphatic heterocycles. The number of nitro groups is 1. The molecule has 33 heavy (non-hydrogen) atoms. The number of carbonyl (C=O) groups excluding carboxylic acids is 1. The zero-order valence-corrected chi connectivity index (χ0v) is 18.8. The first-order valence-corrected chi connectivity index (χ1v) is 11.5. The van der Waals surface area contributed by atoms with Crippen LogP contribution in [0.2, 0.25) is 0 Å². The molecule has 0 saturated carbocycles. The van der Waals surface area contributed by atoms with Gasteiger partial charge in [0.1, 0.15) is 16.9 Å². The van der Waals surface area contributed by atoms with Gasteiger partial charge in [-0.1, -0.05) is 30.3 Å². The normalized spacial score (nSPS) is 11.8. The number of rotatable bonds is 6. The number of aryl methyl sites for hydroxylation is 1. The molecule has 1 heterocycles. The number of nitrogens with zero attached hydrogens (tertiary/aromatic N) is 1. The van der Waals surface area contributed by atoms with Gasteiger partial charge < -0.3 is 9.15 Å². The summed E-state index contributed by atoms with van der Waals surface area (Å²) in [6, 6.07) is 13.2. The Morgan fingerprint density at radius 1 is 1.06 bits per heavy atom. The van der Waals surface area contributed by atoms with Crippen molar-refractivity contribution in [3.05, 3.63) is 76.0 Å². The van der Waals surface area contributed by atoms with Crippen molar-refractivity contribution >= 4 is 49.1 Å². The largest absolute Gasteiger partial charge is 0.460 e. The molecule has 170 valence electrons. The molecule has 0 saturated heterocycles. The van der Waals surface area contributed by atoms with Gasteiger partial charge in [0.2, 0.25) is 0 Å². The van der Waals surface area contributed by atoms with E-state index < -0.39 is 20.9 Å². The number of esters is 1. The fraction of sp³-hybridized carbons (Fsp3) is 0.174. The number of nitro benzene ring substituents is 1. The van der Waals surface area contributed by atoms with Gasteiger partial charge in [0.25, 0.3) is 15.7 Å². The standard InChI is InChI=1S/C23H20N2O7S/c1-13(2)31-23(26)21-14(3)32-22-18-10-5-4-9-17(18)20(12-19(21)22)24-33(29,30)16-8-6-7-15(11-16)25(27)28/h4-13,24H,1-3H3. The zero-order valence-electron chi connectivity index (χ0n) is 18.0. The first kappa shape index (κ1) is 22.3. The summed E-state index contributed by atoms with van der Waals surface area (Å²) in [4.78, 5) is 22.9. The van der Waals surface area contributed by atoms with E-state index in [1.165, 1.54) is 24.3 Å². The van der Waals surface area contributed by atoms with Crippen LogP contribution in [0.5, 0.6) is 0 Å². The summed E-state index contributed by atoms with van der Waals surface area (Å²) in [6.45, 7) is 5.09. The third-order valence-electron chi connectivity index (χ3n) is 5.00. The molecule has 9 nitrogen and oxygen atoms in total. The highest BCUT2D eigenvalue weighted by Crippen LogP contribution is 2.38. The van der Waals surface area contributed by atoms with Crippen LogP contribution in [-0.4, -0.2) is 25.4 Å². The Bertz CT molecular complexity index is 1520. The number of non-ortho nitro benzene ring substituents is 1. The molecule has 3 aromatic carbocycles. The predicted molar refractivity (Wildman–Crippen MR) is 123 cm³/mol. The van der Waals surface area contributed by atoms with E-state index >= 15 is 0 Å². The molecule has 0 unspecified atom stereocenters. The van der Waals surface area contributed by atoms with Gasteiger partial charge in [0.05, 0.1) is 21.6 Å². The zero-order chi connectivity index (χ0) is 23.9. The van der Waals surface area contributed by atoms with Crippen LogP contribution in [-0.2, 0) is 14.8 Å². The van der Waals surface area contributed by atoms with E-state index in [2.05, 4.69) is 4.72 Å². The second kappa shape index (κ2) is 8.21. The quantitative estimate of drug-likeness (QED) is 0.235. The highest BCUT2D eigenvalue weighted by Gasteiger charge is 2.25. The van der Waals surface area contributed by atoms with Gasteiger partial charge in [-0.05, 0) is 32.9 Å². The number of anilines is 1. The molecular weight excluding hydrogens is 448 g/mol. The van der Waals surface area contributed by atoms with E-state index in [0.29, 0.717) is 27.5 Å². The number of nitrogens with one attached hydrogen (secondary N) is 1. The molecule has 0 spiro atoms. The number of hydrogen-bond acceptors (Lipinski definition) is 7. The first-order chi connectivity index (χ1) is 15.6. The van der Waals surface area contributed by atoms with E-state index in [1.807, 2.05) is 0 Å². The molecule has 10 heteroatoms. The molecular formula is C23H20N2O7S. The highest BCUT2D eigenvalue weighted by molar-refractivity contribution is 7.92. The summed E-state index contributed by atoms with van der Waals surface area (Å²) in [5.74, 6) is -0.233. The third-order valence-corrected chi connectivity index (χ3v) is 6.36. The molecule has 0 aliphatic rings. The average molecular weight is 468 g/mol. The van der Waals surface area contributed by atoms with E-state index in [9.17, 15) is 23.3 Å². The van der Waals surface area contributed by atoms with Crippen molar-refractivity contribution in [2.24, 2.45) is 0 Å². The van der Waals surface area contributed by atoms with Crippen molar-refractivity contribution < 1.29 is 27.3 Å². The Kier molecular flexibility index (Phi) is 5.54. The molecule has 0 aliphatic carbocycles. The van der Waals surface area contributed by atoms with Crippen molar-refractivity contribution in [1.82, 2.24) is 0 Å². The number of hydrogen-bond donors (Lipinski definition) is 1. The van der Waals surface area contributed by atoms with Crippen LogP contribution in [0, 0.1) is 17.0 Å². The van der Waals surface area contributed by atoms with Crippen molar-refractivity contribution in [3.63, 3.8) is 0 Å². The van der Waals surface area contributed by atoms with E-state index in [0.717, 1.165) is 6.07 Å². The topological polar surface area (TPSA) is 129 Å². The van der Waals surface area contributed by atoms with Crippen LogP contribution in [0.3, 0.4) is 0 Å². The molecule has 4 aromatic rings. The van der Waals surface area contributed by atoms with Crippen LogP contribution in [0.4, 0.5) is 11.4 Å². The number of carbonyl (C=O) groups is 1. The third kappa shape index (κ3) is 4.12. The van der Waals surface area contributed by atoms with Crippen molar-refractivity contribution in [3.8, 4) is 0 Å². The lowest BCUT2D eigenvalue weighted by atomic mass is 10.0. The maximum absolute atomic E-state index is 13.1. The van der Waals surface area contributed by atoms with Gasteiger partial charge in [0, 0.05) is 28.3 Å². The smallest absolute Gasteiger partial charge is 0.342 e. The summed E-state index contributed by atoms with van der Waals surface area (Å²) in [6.07, 6.45) is -0.353. The average Bonchev–Trinajstić information content (AvgIpc) is 3.09. The van der Waals surface area contributed by atoms with Crippen LogP contribution >= 0.6 is 0 Å². The van der Waals surface area contributed by atoms with Crippen molar-refractivity contribution in [2.45, 2.75) is 31.8 Å². The molecule has 1 N–H and O–H groups in total. The molecule has 1 aromatic heterocycles. The number of furan rings is 1. The molecule has 0 amide bonds. The van der Waals surface area contributed by atoms with Gasteiger partial charge in [0.15, 0.2) is 0 Å². The molecule has 0 fully saturated rings. The minimum atomic E-state index is -4.18. The van der Waals surface area contributed by atoms with Gasteiger partial charge in [-0.3, -0.25) is 14.8 Å². The van der Waals surface area contributed by atoms with Crippen LogP contribution in [0.25, 0.3) is 21.7 Å². The second-order valence-corrected chi connectivity index (χ2v) is 9.38. The molecule has 0 radical (unpaired) electrons. The summed E-state index contributed by atoms with van der Waals surface area (Å²) in [5.41, 5.74) is 0.490. The number of sulfonamides is 1. The second-order valence-electron chi connectivity index (χ2n) is 7.69. The van der Waals surface area contributed by atoms with Crippen molar-refractivity contribution in [1.29, 1.82) is 0 Å². The lowest BCUT2D eigenvalue weighted by Gasteiger charge is -2.12. The SMILES string of the molecule is Cc1oc2c(cc(NS(=O)(=O)c3cccc([N+](=O)[O-])c3)c3ccccc32)c1C(=O)OC(C)C. The summed E-state index contributed by atoms with van der Waals surface area (Å²) >= 11 is 0. The Labute approximate surface area is 189 Å². The summed E-state index contributed by atoms with van der Waals surface area (Å²) in [7, 11) is -4.18. The maximum atomic E-state index is 13.1. The Morgan fingerprint density at radius 3 is 2.42 bits per heavy atom. The minimum Gasteiger partial charge on any atom is -0.460 e. The summed E-state index contributed by atoms with van der Waals surface area (Å²) in [5, 5.41) is 12.6. The summed E-state index contributed by atoms with van der Waals surface area (Å²) < 4.78 is 39.9.